The Balaban J connectivity index is 1.31. The van der Waals surface area contributed by atoms with Gasteiger partial charge in [-0.2, -0.15) is 0 Å². The number of hydrogen-bond donors (Lipinski definition) is 0. The molecule has 0 fully saturated rings. The van der Waals surface area contributed by atoms with Crippen LogP contribution in [0, 0.1) is 0 Å². The van der Waals surface area contributed by atoms with Gasteiger partial charge in [0, 0.05) is 49.6 Å². The molecule has 0 atom stereocenters. The van der Waals surface area contributed by atoms with Gasteiger partial charge in [0.15, 0.2) is 5.82 Å². The first-order valence-electron chi connectivity index (χ1n) is 20.2. The molecule has 4 nitrogen and oxygen atoms in total. The van der Waals surface area contributed by atoms with Crippen LogP contribution in [0.25, 0.3) is 88.9 Å². The fourth-order valence-electron chi connectivity index (χ4n) is 8.51. The highest BCUT2D eigenvalue weighted by Crippen LogP contribution is 2.40. The van der Waals surface area contributed by atoms with Crippen molar-refractivity contribution in [2.75, 3.05) is 0 Å². The lowest BCUT2D eigenvalue weighted by molar-refractivity contribution is 0.591. The van der Waals surface area contributed by atoms with Gasteiger partial charge >= 0.3 is 0 Å². The number of nitrogens with zero attached hydrogens (tertiary/aromatic N) is 4. The van der Waals surface area contributed by atoms with E-state index in [1.807, 2.05) is 12.1 Å². The predicted octanol–water partition coefficient (Wildman–Crippen LogP) is 14.3. The highest BCUT2D eigenvalue weighted by Gasteiger charge is 2.22. The largest absolute Gasteiger partial charge is 0.309 e. The van der Waals surface area contributed by atoms with E-state index in [1.54, 1.807) is 0 Å². The van der Waals surface area contributed by atoms with E-state index >= 15 is 0 Å². The van der Waals surface area contributed by atoms with Gasteiger partial charge < -0.3 is 9.13 Å². The molecular weight excluding hydrogens is 705 g/mol. The monoisotopic (exact) mass is 750 g/mol. The summed E-state index contributed by atoms with van der Waals surface area (Å²) in [6, 6.07) is 61.4. The van der Waals surface area contributed by atoms with Crippen LogP contribution in [0.5, 0.6) is 0 Å². The van der Waals surface area contributed by atoms with Gasteiger partial charge in [0.25, 0.3) is 0 Å². The molecule has 0 amide bonds. The average Bonchev–Trinajstić information content (AvgIpc) is 3.76. The standard InChI is InChI=1S/C54H46N4/c1-53(2,3)38-25-27-50-44(31-38)42-21-13-15-23-48(42)57(50)40-29-37(52-55-46(35-17-9-7-10-18-35)34-47(56-52)36-19-11-8-12-20-36)30-41(33-40)58-49-24-16-14-22-43(49)45-32-39(54(4,5)6)26-28-51(45)58/h7-34H,1-6H3. The number of para-hydroxylation sites is 2. The van der Waals surface area contributed by atoms with Gasteiger partial charge in [-0.1, -0.05) is 151 Å². The number of rotatable bonds is 5. The molecule has 0 bridgehead atoms. The zero-order chi connectivity index (χ0) is 39.8. The number of benzene rings is 7. The molecule has 0 spiro atoms. The summed E-state index contributed by atoms with van der Waals surface area (Å²) in [7, 11) is 0. The van der Waals surface area contributed by atoms with Crippen LogP contribution in [0.15, 0.2) is 170 Å². The Kier molecular flexibility index (Phi) is 8.24. The number of hydrogen-bond acceptors (Lipinski definition) is 2. The van der Waals surface area contributed by atoms with E-state index in [9.17, 15) is 0 Å². The molecular formula is C54H46N4. The Labute approximate surface area is 340 Å². The third kappa shape index (κ3) is 6.08. The van der Waals surface area contributed by atoms with Crippen molar-refractivity contribution in [2.24, 2.45) is 0 Å². The summed E-state index contributed by atoms with van der Waals surface area (Å²) < 4.78 is 4.85. The summed E-state index contributed by atoms with van der Waals surface area (Å²) >= 11 is 0. The van der Waals surface area contributed by atoms with Crippen LogP contribution in [0.4, 0.5) is 0 Å². The van der Waals surface area contributed by atoms with E-state index in [0.29, 0.717) is 5.82 Å². The van der Waals surface area contributed by atoms with Crippen LogP contribution in [0.1, 0.15) is 52.7 Å². The van der Waals surface area contributed by atoms with Crippen molar-refractivity contribution in [2.45, 2.75) is 52.4 Å². The Bertz CT molecular complexity index is 2960. The maximum atomic E-state index is 5.34. The third-order valence-corrected chi connectivity index (χ3v) is 11.6. The molecule has 0 saturated carbocycles. The zero-order valence-corrected chi connectivity index (χ0v) is 34.0. The Morgan fingerprint density at radius 2 is 0.741 bits per heavy atom. The molecule has 10 aromatic rings. The maximum absolute atomic E-state index is 5.34. The summed E-state index contributed by atoms with van der Waals surface area (Å²) in [6.07, 6.45) is 0. The maximum Gasteiger partial charge on any atom is 0.160 e. The Morgan fingerprint density at radius 3 is 1.17 bits per heavy atom. The molecule has 3 aromatic heterocycles. The van der Waals surface area contributed by atoms with Crippen molar-refractivity contribution >= 4 is 43.6 Å². The summed E-state index contributed by atoms with van der Waals surface area (Å²) in [5.74, 6) is 0.676. The molecule has 3 heterocycles. The molecule has 10 rings (SSSR count). The van der Waals surface area contributed by atoms with E-state index in [4.69, 9.17) is 9.97 Å². The molecule has 0 aliphatic carbocycles. The summed E-state index contributed by atoms with van der Waals surface area (Å²) in [6.45, 7) is 13.7. The van der Waals surface area contributed by atoms with E-state index in [2.05, 4.69) is 208 Å². The van der Waals surface area contributed by atoms with Gasteiger partial charge in [-0.3, -0.25) is 0 Å². The van der Waals surface area contributed by atoms with Gasteiger partial charge in [-0.05, 0) is 82.6 Å². The van der Waals surface area contributed by atoms with Gasteiger partial charge in [-0.15, -0.1) is 0 Å². The van der Waals surface area contributed by atoms with Crippen molar-refractivity contribution in [1.29, 1.82) is 0 Å². The van der Waals surface area contributed by atoms with Gasteiger partial charge in [0.2, 0.25) is 0 Å². The van der Waals surface area contributed by atoms with E-state index in [-0.39, 0.29) is 10.8 Å². The second-order valence-electron chi connectivity index (χ2n) is 17.6. The summed E-state index contributed by atoms with van der Waals surface area (Å²) in [5, 5.41) is 4.96. The molecule has 0 radical (unpaired) electrons. The summed E-state index contributed by atoms with van der Waals surface area (Å²) in [5.41, 5.74) is 14.2. The van der Waals surface area contributed by atoms with Crippen molar-refractivity contribution in [3.63, 3.8) is 0 Å². The molecule has 58 heavy (non-hydrogen) atoms. The van der Waals surface area contributed by atoms with Crippen molar-refractivity contribution in [3.8, 4) is 45.3 Å². The Morgan fingerprint density at radius 1 is 0.345 bits per heavy atom. The highest BCUT2D eigenvalue weighted by atomic mass is 15.0. The molecule has 7 aromatic carbocycles. The van der Waals surface area contributed by atoms with E-state index in [0.717, 1.165) is 50.5 Å². The lowest BCUT2D eigenvalue weighted by Gasteiger charge is -2.20. The van der Waals surface area contributed by atoms with Crippen LogP contribution in [-0.2, 0) is 10.8 Å². The van der Waals surface area contributed by atoms with E-state index in [1.165, 1.54) is 43.7 Å². The molecule has 4 heteroatoms. The van der Waals surface area contributed by atoms with Crippen LogP contribution in [-0.4, -0.2) is 19.1 Å². The third-order valence-electron chi connectivity index (χ3n) is 11.6. The van der Waals surface area contributed by atoms with Crippen LogP contribution in [0.2, 0.25) is 0 Å². The van der Waals surface area contributed by atoms with Crippen molar-refractivity contribution in [3.05, 3.63) is 181 Å². The smallest absolute Gasteiger partial charge is 0.160 e. The number of fused-ring (bicyclic) bond motifs is 6. The van der Waals surface area contributed by atoms with Crippen molar-refractivity contribution < 1.29 is 0 Å². The first kappa shape index (κ1) is 35.6. The SMILES string of the molecule is CC(C)(C)c1ccc2c(c1)c1ccccc1n2-c1cc(-c2nc(-c3ccccc3)cc(-c3ccccc3)n2)cc(-n2c3ccccc3c3cc(C(C)(C)C)ccc32)c1. The quantitative estimate of drug-likeness (QED) is 0.176. The minimum absolute atomic E-state index is 0.0193. The second-order valence-corrected chi connectivity index (χ2v) is 17.6. The van der Waals surface area contributed by atoms with E-state index < -0.39 is 0 Å². The van der Waals surface area contributed by atoms with Crippen molar-refractivity contribution in [1.82, 2.24) is 19.1 Å². The topological polar surface area (TPSA) is 35.6 Å². The number of aromatic nitrogens is 4. The fraction of sp³-hybridized carbons (Fsp3) is 0.148. The highest BCUT2D eigenvalue weighted by molar-refractivity contribution is 6.11. The molecule has 0 N–H and O–H groups in total. The predicted molar refractivity (Wildman–Crippen MR) is 244 cm³/mol. The minimum Gasteiger partial charge on any atom is -0.309 e. The molecule has 0 saturated heterocycles. The molecule has 0 unspecified atom stereocenters. The van der Waals surface area contributed by atoms with Crippen LogP contribution < -0.4 is 0 Å². The first-order chi connectivity index (χ1) is 28.0. The molecule has 0 aliphatic rings. The Hall–Kier alpha value is -6.78. The lowest BCUT2D eigenvalue weighted by Crippen LogP contribution is -2.10. The van der Waals surface area contributed by atoms with Crippen LogP contribution in [0.3, 0.4) is 0 Å². The fourth-order valence-corrected chi connectivity index (χ4v) is 8.51. The first-order valence-corrected chi connectivity index (χ1v) is 20.2. The average molecular weight is 751 g/mol. The normalized spacial score (nSPS) is 12.3. The summed E-state index contributed by atoms with van der Waals surface area (Å²) in [4.78, 5) is 10.7. The van der Waals surface area contributed by atoms with Gasteiger partial charge in [0.1, 0.15) is 0 Å². The van der Waals surface area contributed by atoms with Gasteiger partial charge in [-0.25, -0.2) is 9.97 Å². The molecule has 282 valence electrons. The van der Waals surface area contributed by atoms with Gasteiger partial charge in [0.05, 0.1) is 33.5 Å². The lowest BCUT2D eigenvalue weighted by atomic mass is 9.86. The minimum atomic E-state index is 0.0193. The second kappa shape index (κ2) is 13.4. The van der Waals surface area contributed by atoms with Crippen LogP contribution >= 0.6 is 0 Å². The zero-order valence-electron chi connectivity index (χ0n) is 34.0. The molecule has 0 aliphatic heterocycles.